The van der Waals surface area contributed by atoms with Crippen molar-refractivity contribution in [2.24, 2.45) is 0 Å². The van der Waals surface area contributed by atoms with Gasteiger partial charge in [0.25, 0.3) is 0 Å². The van der Waals surface area contributed by atoms with E-state index in [4.69, 9.17) is 12.8 Å². The Morgan fingerprint density at radius 1 is 0.361 bits per heavy atom. The van der Waals surface area contributed by atoms with Crippen LogP contribution in [0.15, 0.2) is 322 Å². The van der Waals surface area contributed by atoms with E-state index < -0.39 is 15.8 Å². The van der Waals surface area contributed by atoms with Crippen LogP contribution in [-0.2, 0) is 55.6 Å². The first-order valence-electron chi connectivity index (χ1n) is 27.9. The third-order valence-electron chi connectivity index (χ3n) is 16.4. The number of hydrogen-bond donors (Lipinski definition) is 0. The smallest absolute Gasteiger partial charge is 0.366 e. The summed E-state index contributed by atoms with van der Waals surface area (Å²) < 4.78 is 0. The maximum absolute atomic E-state index is 7.84. The molecule has 11 aromatic rings. The molecule has 3 aliphatic rings. The second kappa shape index (κ2) is 27.2. The third-order valence-corrected chi connectivity index (χ3v) is 23.8. The summed E-state index contributed by atoms with van der Waals surface area (Å²) >= 11 is 0. The van der Waals surface area contributed by atoms with E-state index in [0.717, 1.165) is 22.3 Å². The van der Waals surface area contributed by atoms with E-state index in [-0.39, 0.29) is 55.6 Å². The summed E-state index contributed by atoms with van der Waals surface area (Å²) in [5.74, 6) is 6.63. The van der Waals surface area contributed by atoms with Crippen LogP contribution >= 0.6 is 15.8 Å². The van der Waals surface area contributed by atoms with Gasteiger partial charge >= 0.3 is 44.8 Å². The summed E-state index contributed by atoms with van der Waals surface area (Å²) in [5, 5.41) is 4.63. The van der Waals surface area contributed by atoms with Crippen molar-refractivity contribution in [3.05, 3.63) is 390 Å². The van der Waals surface area contributed by atoms with Crippen LogP contribution in [0, 0.1) is 24.7 Å². The van der Waals surface area contributed by atoms with Gasteiger partial charge in [0.1, 0.15) is 18.5 Å². The van der Waals surface area contributed by atoms with Gasteiger partial charge in [0.05, 0.1) is 29.7 Å². The normalized spacial score (nSPS) is 14.3. The van der Waals surface area contributed by atoms with Gasteiger partial charge < -0.3 is 12.8 Å². The zero-order chi connectivity index (χ0) is 54.9. The Morgan fingerprint density at radius 2 is 0.687 bits per heavy atom. The fourth-order valence-electron chi connectivity index (χ4n) is 13.0. The van der Waals surface area contributed by atoms with E-state index >= 15 is 0 Å². The number of rotatable bonds is 10. The molecule has 2 atom stereocenters. The van der Waals surface area contributed by atoms with Crippen molar-refractivity contribution in [1.82, 2.24) is 0 Å². The second-order valence-electron chi connectivity index (χ2n) is 20.7. The molecular weight excluding hydrogens is 1320 g/mol. The van der Waals surface area contributed by atoms with Gasteiger partial charge in [0, 0.05) is 6.42 Å². The van der Waals surface area contributed by atoms with Gasteiger partial charge in [-0.3, -0.25) is 11.8 Å². The molecule has 3 aliphatic carbocycles. The maximum Gasteiger partial charge on any atom is 1.00 e. The van der Waals surface area contributed by atoms with Crippen molar-refractivity contribution in [3.8, 4) is 34.1 Å². The Hall–Kier alpha value is -7.64. The first-order chi connectivity index (χ1) is 40.2. The minimum Gasteiger partial charge on any atom is -0.366 e. The van der Waals surface area contributed by atoms with E-state index in [1.165, 1.54) is 78.6 Å². The zero-order valence-corrected chi connectivity index (χ0v) is 51.3. The summed E-state index contributed by atoms with van der Waals surface area (Å²) in [4.78, 5) is 0. The Bertz CT molecular complexity index is 3770. The number of allylic oxidation sites excluding steroid dienone is 4. The molecule has 0 aliphatic heterocycles. The zero-order valence-electron chi connectivity index (χ0n) is 45.7. The van der Waals surface area contributed by atoms with Gasteiger partial charge in [-0.2, -0.15) is 0 Å². The molecule has 0 radical (unpaired) electrons. The van der Waals surface area contributed by atoms with Gasteiger partial charge in [0.15, 0.2) is 5.90 Å². The molecule has 0 spiro atoms. The minimum absolute atomic E-state index is 0. The van der Waals surface area contributed by atoms with Crippen LogP contribution in [0.3, 0.4) is 0 Å². The quantitative estimate of drug-likeness (QED) is 0.0554. The van der Waals surface area contributed by atoms with Crippen molar-refractivity contribution >= 4 is 31.8 Å². The van der Waals surface area contributed by atoms with Crippen molar-refractivity contribution in [2.45, 2.75) is 22.9 Å². The molecule has 83 heavy (non-hydrogen) atoms. The van der Waals surface area contributed by atoms with Crippen LogP contribution in [0.5, 0.6) is 0 Å². The SMILES string of the molecule is C1=CCC([PH+](C[PH+](c2ccccc2)c2ccccc2)c2ccccc2)C=C1.[Ag+].[Au+].[C-]#Cc1cccc2c1-c1ccccc1C2(c1ccccc1)c1ccccc1.[C-]#Cc1cccc2c1-c1ccccc1C2(c1ccccc1)c1ccccc1. The Labute approximate surface area is 525 Å². The monoisotopic (exact) mass is 1370 g/mol. The van der Waals surface area contributed by atoms with Crippen molar-refractivity contribution < 1.29 is 44.8 Å². The summed E-state index contributed by atoms with van der Waals surface area (Å²) in [7, 11) is -1.52. The topological polar surface area (TPSA) is 0 Å². The molecule has 14 rings (SSSR count). The van der Waals surface area contributed by atoms with Crippen LogP contribution < -0.4 is 15.9 Å². The molecular formula is C79H60AgAuP2+2. The van der Waals surface area contributed by atoms with Crippen LogP contribution in [0.2, 0.25) is 0 Å². The van der Waals surface area contributed by atoms with E-state index in [1.807, 2.05) is 24.3 Å². The molecule has 0 aromatic heterocycles. The molecule has 406 valence electrons. The van der Waals surface area contributed by atoms with Crippen molar-refractivity contribution in [1.29, 1.82) is 0 Å². The fraction of sp³-hybridized carbons (Fsp3) is 0.0633. The average molecular weight is 1380 g/mol. The standard InChI is InChI=1S/2C27H17.C25H24P2.Ag.Au/c2*1-2-20-12-11-19-25-26(20)23-17-9-10-18-24(23)27(25,21-13-5-3-6-14-21)22-15-7-4-8-16-22;1-5-13-22(14-6-1)26(23-15-7-2-8-16-23)21-27(24-17-9-3-10-18-24)25-19-11-4-12-20-25;;/h2*3-19H;1-19,25H,20-21H2;;/q2*-1;;2*+1/p+2. The van der Waals surface area contributed by atoms with Crippen LogP contribution in [0.1, 0.15) is 62.1 Å². The molecule has 4 heteroatoms. The molecule has 2 unspecified atom stereocenters. The van der Waals surface area contributed by atoms with E-state index in [2.05, 4.69) is 309 Å². The van der Waals surface area contributed by atoms with Crippen LogP contribution in [0.4, 0.5) is 0 Å². The number of fused-ring (bicyclic) bond motifs is 6. The molecule has 0 N–H and O–H groups in total. The summed E-state index contributed by atoms with van der Waals surface area (Å²) in [5.41, 5.74) is 16.1. The first-order valence-corrected chi connectivity index (χ1v) is 31.4. The molecule has 0 nitrogen and oxygen atoms in total. The largest absolute Gasteiger partial charge is 1.00 e. The second-order valence-corrected chi connectivity index (χ2v) is 26.6. The van der Waals surface area contributed by atoms with Crippen molar-refractivity contribution in [3.63, 3.8) is 0 Å². The summed E-state index contributed by atoms with van der Waals surface area (Å²) in [6.45, 7) is 0. The number of hydrogen-bond acceptors (Lipinski definition) is 0. The van der Waals surface area contributed by atoms with Gasteiger partial charge in [-0.1, -0.05) is 278 Å². The molecule has 11 aromatic carbocycles. The van der Waals surface area contributed by atoms with Crippen molar-refractivity contribution in [2.75, 3.05) is 5.90 Å². The van der Waals surface area contributed by atoms with E-state index in [1.54, 1.807) is 5.30 Å². The van der Waals surface area contributed by atoms with Gasteiger partial charge in [-0.25, -0.2) is 0 Å². The van der Waals surface area contributed by atoms with Gasteiger partial charge in [-0.15, -0.1) is 23.3 Å². The Balaban J connectivity index is 0.000000137. The fourth-order valence-corrected chi connectivity index (χ4v) is 21.3. The Morgan fingerprint density at radius 3 is 1.04 bits per heavy atom. The molecule has 0 bridgehead atoms. The maximum atomic E-state index is 7.84. The van der Waals surface area contributed by atoms with E-state index in [0.29, 0.717) is 5.66 Å². The van der Waals surface area contributed by atoms with Crippen LogP contribution in [-0.4, -0.2) is 11.6 Å². The molecule has 0 saturated heterocycles. The average Bonchev–Trinajstić information content (AvgIpc) is 2.25. The molecule has 0 fully saturated rings. The minimum atomic E-state index is -0.807. The molecule has 0 saturated carbocycles. The molecule has 0 heterocycles. The van der Waals surface area contributed by atoms with Gasteiger partial charge in [-0.05, 0) is 98.1 Å². The first kappa shape index (κ1) is 58.6. The van der Waals surface area contributed by atoms with Gasteiger partial charge in [0.2, 0.25) is 0 Å². The summed E-state index contributed by atoms with van der Waals surface area (Å²) in [6.07, 6.45) is 26.1. The van der Waals surface area contributed by atoms with E-state index in [9.17, 15) is 0 Å². The molecule has 0 amide bonds. The summed E-state index contributed by atoms with van der Waals surface area (Å²) in [6, 6.07) is 106. The van der Waals surface area contributed by atoms with Crippen LogP contribution in [0.25, 0.3) is 22.3 Å². The predicted octanol–water partition coefficient (Wildman–Crippen LogP) is 17.2. The number of benzene rings is 11. The third kappa shape index (κ3) is 11.2. The predicted molar refractivity (Wildman–Crippen MR) is 346 cm³/mol. The Kier molecular flexibility index (Phi) is 19.2.